The van der Waals surface area contributed by atoms with Gasteiger partial charge in [-0.1, -0.05) is 24.8 Å². The molecular formula is C5H5ClFN. The summed E-state index contributed by atoms with van der Waals surface area (Å²) in [5.74, 6) is -0.633. The SMILES string of the molecule is C=C(F)C=NC(=C)Cl. The Hall–Kier alpha value is -0.630. The Kier molecular flexibility index (Phi) is 3.12. The first-order valence-electron chi connectivity index (χ1n) is 1.86. The standard InChI is InChI=1S/C5H5ClFN/c1-4(7)3-8-5(2)6/h3H,1-2H2. The molecule has 0 fully saturated rings. The van der Waals surface area contributed by atoms with Crippen molar-refractivity contribution in [3.8, 4) is 0 Å². The molecule has 0 heterocycles. The Bertz CT molecular complexity index is 123. The normalized spacial score (nSPS) is 9.75. The molecule has 44 valence electrons. The molecule has 0 saturated carbocycles. The molecule has 0 spiro atoms. The topological polar surface area (TPSA) is 12.4 Å². The summed E-state index contributed by atoms with van der Waals surface area (Å²) in [6.07, 6.45) is 0.898. The molecule has 0 aromatic carbocycles. The van der Waals surface area contributed by atoms with Gasteiger partial charge in [-0.25, -0.2) is 9.38 Å². The maximum Gasteiger partial charge on any atom is 0.134 e. The third kappa shape index (κ3) is 5.37. The van der Waals surface area contributed by atoms with Gasteiger partial charge in [-0.15, -0.1) is 0 Å². The van der Waals surface area contributed by atoms with Gasteiger partial charge in [0.1, 0.15) is 11.0 Å². The van der Waals surface area contributed by atoms with Crippen LogP contribution in [0.3, 0.4) is 0 Å². The van der Waals surface area contributed by atoms with Gasteiger partial charge >= 0.3 is 0 Å². The molecule has 0 aromatic rings. The van der Waals surface area contributed by atoms with Gasteiger partial charge in [0.05, 0.1) is 6.21 Å². The van der Waals surface area contributed by atoms with Crippen molar-refractivity contribution >= 4 is 17.8 Å². The highest BCUT2D eigenvalue weighted by Crippen LogP contribution is 1.97. The minimum absolute atomic E-state index is 0.0452. The van der Waals surface area contributed by atoms with E-state index in [0.29, 0.717) is 0 Å². The van der Waals surface area contributed by atoms with Crippen molar-refractivity contribution in [3.05, 3.63) is 24.1 Å². The smallest absolute Gasteiger partial charge is 0.134 e. The first kappa shape index (κ1) is 7.37. The second kappa shape index (κ2) is 3.38. The third-order valence-corrected chi connectivity index (χ3v) is 0.442. The van der Waals surface area contributed by atoms with E-state index in [9.17, 15) is 4.39 Å². The molecule has 0 aliphatic rings. The lowest BCUT2D eigenvalue weighted by Gasteiger charge is -1.79. The molecule has 0 amide bonds. The number of hydrogen-bond donors (Lipinski definition) is 0. The Morgan fingerprint density at radius 3 is 2.25 bits per heavy atom. The van der Waals surface area contributed by atoms with Gasteiger partial charge in [0.15, 0.2) is 0 Å². The lowest BCUT2D eigenvalue weighted by atomic mass is 10.7. The van der Waals surface area contributed by atoms with Gasteiger partial charge in [0, 0.05) is 0 Å². The van der Waals surface area contributed by atoms with Gasteiger partial charge < -0.3 is 0 Å². The van der Waals surface area contributed by atoms with Crippen molar-refractivity contribution in [1.82, 2.24) is 0 Å². The van der Waals surface area contributed by atoms with E-state index >= 15 is 0 Å². The molecule has 3 heteroatoms. The van der Waals surface area contributed by atoms with Crippen LogP contribution in [0.5, 0.6) is 0 Å². The summed E-state index contributed by atoms with van der Waals surface area (Å²) < 4.78 is 11.6. The molecule has 8 heavy (non-hydrogen) atoms. The number of rotatable bonds is 2. The van der Waals surface area contributed by atoms with Crippen molar-refractivity contribution in [2.24, 2.45) is 4.99 Å². The van der Waals surface area contributed by atoms with Crippen molar-refractivity contribution in [2.75, 3.05) is 0 Å². The van der Waals surface area contributed by atoms with Gasteiger partial charge in [-0.2, -0.15) is 0 Å². The second-order valence-electron chi connectivity index (χ2n) is 1.08. The molecular weight excluding hydrogens is 129 g/mol. The predicted octanol–water partition coefficient (Wildman–Crippen LogP) is 2.25. The highest BCUT2D eigenvalue weighted by Gasteiger charge is 1.79. The molecule has 0 rings (SSSR count). The average Bonchev–Trinajstić information content (AvgIpc) is 1.61. The predicted molar refractivity (Wildman–Crippen MR) is 33.7 cm³/mol. The highest BCUT2D eigenvalue weighted by molar-refractivity contribution is 6.29. The van der Waals surface area contributed by atoms with E-state index in [4.69, 9.17) is 11.6 Å². The number of aliphatic imine (C=N–C) groups is 1. The van der Waals surface area contributed by atoms with Gasteiger partial charge in [0.25, 0.3) is 0 Å². The average molecular weight is 134 g/mol. The fraction of sp³-hybridized carbons (Fsp3) is 0. The first-order valence-corrected chi connectivity index (χ1v) is 2.23. The van der Waals surface area contributed by atoms with Crippen molar-refractivity contribution in [2.45, 2.75) is 0 Å². The fourth-order valence-electron chi connectivity index (χ4n) is 0.140. The van der Waals surface area contributed by atoms with Crippen LogP contribution >= 0.6 is 11.6 Å². The van der Waals surface area contributed by atoms with Crippen LogP contribution in [0.1, 0.15) is 0 Å². The minimum atomic E-state index is -0.633. The molecule has 0 aliphatic carbocycles. The van der Waals surface area contributed by atoms with E-state index in [0.717, 1.165) is 6.21 Å². The first-order chi connectivity index (χ1) is 3.63. The molecule has 0 bridgehead atoms. The van der Waals surface area contributed by atoms with Crippen LogP contribution in [0.25, 0.3) is 0 Å². The fourth-order valence-corrected chi connectivity index (χ4v) is 0.189. The van der Waals surface area contributed by atoms with E-state index in [-0.39, 0.29) is 5.16 Å². The van der Waals surface area contributed by atoms with Crippen molar-refractivity contribution in [3.63, 3.8) is 0 Å². The van der Waals surface area contributed by atoms with Gasteiger partial charge in [0.2, 0.25) is 0 Å². The Balaban J connectivity index is 3.67. The molecule has 0 N–H and O–H groups in total. The molecule has 0 atom stereocenters. The van der Waals surface area contributed by atoms with Crippen LogP contribution in [0.15, 0.2) is 29.1 Å². The zero-order chi connectivity index (χ0) is 6.57. The molecule has 0 saturated heterocycles. The van der Waals surface area contributed by atoms with Gasteiger partial charge in [-0.3, -0.25) is 0 Å². The maximum absolute atomic E-state index is 11.6. The molecule has 0 aliphatic heterocycles. The highest BCUT2D eigenvalue weighted by atomic mass is 35.5. The lowest BCUT2D eigenvalue weighted by molar-refractivity contribution is 0.690. The number of allylic oxidation sites excluding steroid dienone is 1. The van der Waals surface area contributed by atoms with Gasteiger partial charge in [-0.05, 0) is 0 Å². The Morgan fingerprint density at radius 1 is 1.62 bits per heavy atom. The third-order valence-electron chi connectivity index (χ3n) is 0.345. The van der Waals surface area contributed by atoms with E-state index < -0.39 is 5.83 Å². The van der Waals surface area contributed by atoms with E-state index in [2.05, 4.69) is 18.2 Å². The Morgan fingerprint density at radius 2 is 2.12 bits per heavy atom. The quantitative estimate of drug-likeness (QED) is 0.405. The Labute approximate surface area is 52.2 Å². The van der Waals surface area contributed by atoms with E-state index in [1.165, 1.54) is 0 Å². The van der Waals surface area contributed by atoms with Crippen LogP contribution < -0.4 is 0 Å². The molecule has 1 nitrogen and oxygen atoms in total. The molecule has 0 unspecified atom stereocenters. The summed E-state index contributed by atoms with van der Waals surface area (Å²) >= 11 is 5.12. The van der Waals surface area contributed by atoms with Crippen LogP contribution in [0, 0.1) is 0 Å². The molecule has 0 aromatic heterocycles. The van der Waals surface area contributed by atoms with E-state index in [1.807, 2.05) is 0 Å². The summed E-state index contributed by atoms with van der Waals surface area (Å²) in [5.41, 5.74) is 0. The number of nitrogens with zero attached hydrogens (tertiary/aromatic N) is 1. The summed E-state index contributed by atoms with van der Waals surface area (Å²) in [6, 6.07) is 0. The van der Waals surface area contributed by atoms with E-state index in [1.54, 1.807) is 0 Å². The minimum Gasteiger partial charge on any atom is -0.242 e. The zero-order valence-corrected chi connectivity index (χ0v) is 4.95. The summed E-state index contributed by atoms with van der Waals surface area (Å²) in [4.78, 5) is 3.30. The van der Waals surface area contributed by atoms with Crippen LogP contribution in [0.2, 0.25) is 0 Å². The maximum atomic E-state index is 11.6. The monoisotopic (exact) mass is 133 g/mol. The number of hydrogen-bond acceptors (Lipinski definition) is 1. The van der Waals surface area contributed by atoms with Crippen molar-refractivity contribution in [1.29, 1.82) is 0 Å². The summed E-state index contributed by atoms with van der Waals surface area (Å²) in [5, 5.41) is 0.0452. The summed E-state index contributed by atoms with van der Waals surface area (Å²) in [6.45, 7) is 6.10. The largest absolute Gasteiger partial charge is 0.242 e. The second-order valence-corrected chi connectivity index (χ2v) is 1.52. The van der Waals surface area contributed by atoms with Crippen LogP contribution in [-0.4, -0.2) is 6.21 Å². The number of halogens is 2. The summed E-state index contributed by atoms with van der Waals surface area (Å²) in [7, 11) is 0. The van der Waals surface area contributed by atoms with Crippen molar-refractivity contribution < 1.29 is 4.39 Å². The molecule has 0 radical (unpaired) electrons. The van der Waals surface area contributed by atoms with Crippen LogP contribution in [0.4, 0.5) is 4.39 Å². The van der Waals surface area contributed by atoms with Crippen LogP contribution in [-0.2, 0) is 0 Å². The zero-order valence-electron chi connectivity index (χ0n) is 4.19. The lowest BCUT2D eigenvalue weighted by Crippen LogP contribution is -1.69.